The van der Waals surface area contributed by atoms with Gasteiger partial charge in [-0.3, -0.25) is 4.79 Å². The normalized spacial score (nSPS) is 12.5. The molecule has 0 bridgehead atoms. The minimum Gasteiger partial charge on any atom is -0.370 e. The molecule has 0 aliphatic heterocycles. The Kier molecular flexibility index (Phi) is 5.78. The van der Waals surface area contributed by atoms with Gasteiger partial charge >= 0.3 is 0 Å². The first-order valence-corrected chi connectivity index (χ1v) is 6.50. The number of hydrogen-bond acceptors (Lipinski definition) is 2. The second-order valence-corrected chi connectivity index (χ2v) is 4.64. The minimum atomic E-state index is -0.547. The number of Topliss-reactive ketones (excluding diaryl/α,β-unsaturated/α-hetero) is 1. The highest BCUT2D eigenvalue weighted by atomic mass is 79.9. The molecule has 0 spiro atoms. The summed E-state index contributed by atoms with van der Waals surface area (Å²) in [5, 5.41) is 0. The van der Waals surface area contributed by atoms with Gasteiger partial charge in [0.15, 0.2) is 5.78 Å². The van der Waals surface area contributed by atoms with Crippen LogP contribution in [0.4, 0.5) is 4.39 Å². The van der Waals surface area contributed by atoms with Crippen LogP contribution >= 0.6 is 15.9 Å². The van der Waals surface area contributed by atoms with Crippen molar-refractivity contribution < 1.29 is 13.9 Å². The minimum absolute atomic E-state index is 0.0891. The van der Waals surface area contributed by atoms with Crippen LogP contribution in [0, 0.1) is 5.82 Å². The van der Waals surface area contributed by atoms with Gasteiger partial charge in [0, 0.05) is 11.1 Å². The summed E-state index contributed by atoms with van der Waals surface area (Å²) in [6.45, 7) is 4.25. The van der Waals surface area contributed by atoms with Crippen LogP contribution in [0.2, 0.25) is 0 Å². The Labute approximate surface area is 109 Å². The first kappa shape index (κ1) is 14.3. The van der Waals surface area contributed by atoms with Crippen molar-refractivity contribution in [2.24, 2.45) is 0 Å². The first-order valence-electron chi connectivity index (χ1n) is 5.71. The van der Waals surface area contributed by atoms with Gasteiger partial charge in [0.25, 0.3) is 0 Å². The molecule has 0 aromatic heterocycles. The Morgan fingerprint density at radius 1 is 1.47 bits per heavy atom. The molecule has 0 N–H and O–H groups in total. The van der Waals surface area contributed by atoms with Crippen molar-refractivity contribution >= 4 is 21.7 Å². The number of rotatable bonds is 6. The maximum atomic E-state index is 13.6. The molecule has 1 aromatic rings. The van der Waals surface area contributed by atoms with Crippen LogP contribution < -0.4 is 0 Å². The number of hydrogen-bond donors (Lipinski definition) is 0. The lowest BCUT2D eigenvalue weighted by atomic mass is 10.0. The van der Waals surface area contributed by atoms with Gasteiger partial charge in [0.05, 0.1) is 5.56 Å². The van der Waals surface area contributed by atoms with E-state index in [1.807, 2.05) is 13.8 Å². The van der Waals surface area contributed by atoms with Crippen LogP contribution in [0.1, 0.15) is 37.0 Å². The van der Waals surface area contributed by atoms with Crippen LogP contribution in [-0.2, 0) is 4.74 Å². The maximum absolute atomic E-state index is 13.6. The molecule has 0 radical (unpaired) electrons. The summed E-state index contributed by atoms with van der Waals surface area (Å²) in [5.74, 6) is -0.786. The molecular formula is C13H16BrFO2. The number of ketones is 1. The molecule has 2 nitrogen and oxygen atoms in total. The highest BCUT2D eigenvalue weighted by Gasteiger charge is 2.22. The Hall–Kier alpha value is -0.740. The molecule has 1 aromatic carbocycles. The first-order chi connectivity index (χ1) is 8.10. The summed E-state index contributed by atoms with van der Waals surface area (Å²) in [7, 11) is 0. The Morgan fingerprint density at radius 3 is 2.76 bits per heavy atom. The fourth-order valence-electron chi connectivity index (χ4n) is 1.61. The van der Waals surface area contributed by atoms with Crippen molar-refractivity contribution in [2.75, 3.05) is 6.61 Å². The van der Waals surface area contributed by atoms with Crippen LogP contribution in [0.15, 0.2) is 22.7 Å². The van der Waals surface area contributed by atoms with Crippen molar-refractivity contribution in [3.8, 4) is 0 Å². The van der Waals surface area contributed by atoms with Gasteiger partial charge in [-0.15, -0.1) is 0 Å². The van der Waals surface area contributed by atoms with E-state index in [0.717, 1.165) is 6.42 Å². The summed E-state index contributed by atoms with van der Waals surface area (Å²) >= 11 is 3.23. The molecule has 1 unspecified atom stereocenters. The maximum Gasteiger partial charge on any atom is 0.194 e. The quantitative estimate of drug-likeness (QED) is 0.743. The van der Waals surface area contributed by atoms with Gasteiger partial charge < -0.3 is 4.74 Å². The summed E-state index contributed by atoms with van der Waals surface area (Å²) < 4.78 is 19.6. The Bertz CT molecular complexity index is 387. The predicted molar refractivity (Wildman–Crippen MR) is 68.8 cm³/mol. The molecule has 1 rings (SSSR count). The average molecular weight is 303 g/mol. The number of ether oxygens (including phenoxy) is 1. The van der Waals surface area contributed by atoms with Crippen molar-refractivity contribution in [1.82, 2.24) is 0 Å². The van der Waals surface area contributed by atoms with Crippen molar-refractivity contribution in [1.29, 1.82) is 0 Å². The number of carbonyl (C=O) groups excluding carboxylic acids is 1. The number of carbonyl (C=O) groups is 1. The van der Waals surface area contributed by atoms with Gasteiger partial charge in [-0.1, -0.05) is 29.3 Å². The highest BCUT2D eigenvalue weighted by Crippen LogP contribution is 2.19. The van der Waals surface area contributed by atoms with E-state index in [4.69, 9.17) is 4.74 Å². The predicted octanol–water partition coefficient (Wildman–Crippen LogP) is 3.98. The fraction of sp³-hybridized carbons (Fsp3) is 0.462. The van der Waals surface area contributed by atoms with E-state index < -0.39 is 11.9 Å². The molecular weight excluding hydrogens is 287 g/mol. The van der Waals surface area contributed by atoms with E-state index in [2.05, 4.69) is 15.9 Å². The molecule has 94 valence electrons. The molecule has 0 heterocycles. The standard InChI is InChI=1S/C13H16BrFO2/c1-3-5-12(17-4-2)13(16)10-8-9(14)6-7-11(10)15/h6-8,12H,3-5H2,1-2H3. The molecule has 0 fully saturated rings. The number of benzene rings is 1. The van der Waals surface area contributed by atoms with Crippen LogP contribution in [0.25, 0.3) is 0 Å². The van der Waals surface area contributed by atoms with E-state index in [1.54, 1.807) is 6.07 Å². The third kappa shape index (κ3) is 3.89. The molecule has 0 amide bonds. The average Bonchev–Trinajstić information content (AvgIpc) is 2.31. The lowest BCUT2D eigenvalue weighted by Crippen LogP contribution is -2.25. The third-order valence-electron chi connectivity index (χ3n) is 2.41. The Balaban J connectivity index is 2.95. The highest BCUT2D eigenvalue weighted by molar-refractivity contribution is 9.10. The van der Waals surface area contributed by atoms with E-state index in [9.17, 15) is 9.18 Å². The van der Waals surface area contributed by atoms with Gasteiger partial charge in [0.2, 0.25) is 0 Å². The molecule has 17 heavy (non-hydrogen) atoms. The van der Waals surface area contributed by atoms with Crippen LogP contribution in [0.5, 0.6) is 0 Å². The summed E-state index contributed by atoms with van der Waals surface area (Å²) in [4.78, 5) is 12.1. The molecule has 1 atom stereocenters. The summed E-state index contributed by atoms with van der Waals surface area (Å²) in [6, 6.07) is 4.35. The molecule has 0 aliphatic carbocycles. The van der Waals surface area contributed by atoms with E-state index >= 15 is 0 Å². The van der Waals surface area contributed by atoms with Gasteiger partial charge in [-0.2, -0.15) is 0 Å². The SMILES string of the molecule is CCCC(OCC)C(=O)c1cc(Br)ccc1F. The van der Waals surface area contributed by atoms with E-state index in [1.165, 1.54) is 12.1 Å². The number of halogens is 2. The monoisotopic (exact) mass is 302 g/mol. The van der Waals surface area contributed by atoms with Gasteiger partial charge in [-0.25, -0.2) is 4.39 Å². The summed E-state index contributed by atoms with van der Waals surface area (Å²) in [6.07, 6.45) is 0.888. The topological polar surface area (TPSA) is 26.3 Å². The largest absolute Gasteiger partial charge is 0.370 e. The van der Waals surface area contributed by atoms with E-state index in [0.29, 0.717) is 17.5 Å². The lowest BCUT2D eigenvalue weighted by molar-refractivity contribution is 0.0419. The lowest BCUT2D eigenvalue weighted by Gasteiger charge is -2.15. The van der Waals surface area contributed by atoms with E-state index in [-0.39, 0.29) is 11.3 Å². The van der Waals surface area contributed by atoms with Crippen molar-refractivity contribution in [2.45, 2.75) is 32.8 Å². The van der Waals surface area contributed by atoms with Crippen molar-refractivity contribution in [3.63, 3.8) is 0 Å². The summed E-state index contributed by atoms with van der Waals surface area (Å²) in [5.41, 5.74) is 0.0891. The van der Waals surface area contributed by atoms with Crippen molar-refractivity contribution in [3.05, 3.63) is 34.1 Å². The smallest absolute Gasteiger partial charge is 0.194 e. The second kappa shape index (κ2) is 6.87. The molecule has 0 saturated carbocycles. The molecule has 0 aliphatic rings. The zero-order chi connectivity index (χ0) is 12.8. The van der Waals surface area contributed by atoms with Gasteiger partial charge in [-0.05, 0) is 31.5 Å². The zero-order valence-electron chi connectivity index (χ0n) is 10.0. The van der Waals surface area contributed by atoms with Crippen LogP contribution in [0.3, 0.4) is 0 Å². The molecule has 0 saturated heterocycles. The fourth-order valence-corrected chi connectivity index (χ4v) is 1.97. The Morgan fingerprint density at radius 2 is 2.18 bits per heavy atom. The zero-order valence-corrected chi connectivity index (χ0v) is 11.6. The second-order valence-electron chi connectivity index (χ2n) is 3.72. The van der Waals surface area contributed by atoms with Gasteiger partial charge in [0.1, 0.15) is 11.9 Å². The molecule has 4 heteroatoms. The third-order valence-corrected chi connectivity index (χ3v) is 2.90. The van der Waals surface area contributed by atoms with Crippen LogP contribution in [-0.4, -0.2) is 18.5 Å².